The van der Waals surface area contributed by atoms with E-state index < -0.39 is 5.60 Å². The monoisotopic (exact) mass is 372 g/mol. The van der Waals surface area contributed by atoms with Crippen molar-refractivity contribution in [2.24, 2.45) is 0 Å². The van der Waals surface area contributed by atoms with Gasteiger partial charge in [0.1, 0.15) is 13.1 Å². The molecule has 0 spiro atoms. The molecule has 0 radical (unpaired) electrons. The number of hydrogen-bond donors (Lipinski definition) is 2. The first-order chi connectivity index (χ1) is 12.1. The molecule has 1 unspecified atom stereocenters. The van der Waals surface area contributed by atoms with Gasteiger partial charge < -0.3 is 10.4 Å². The molecule has 3 rings (SSSR count). The summed E-state index contributed by atoms with van der Waals surface area (Å²) in [7, 11) is 0. The van der Waals surface area contributed by atoms with Gasteiger partial charge in [-0.1, -0.05) is 77.8 Å². The van der Waals surface area contributed by atoms with Gasteiger partial charge in [0.15, 0.2) is 5.60 Å². The molecule has 1 atom stereocenters. The number of hydrogen-bond acceptors (Lipinski definition) is 1. The highest BCUT2D eigenvalue weighted by Gasteiger charge is 2.33. The Bertz CT molecular complexity index is 804. The topological polar surface area (TPSA) is 36.8 Å². The predicted octanol–water partition coefficient (Wildman–Crippen LogP) is 3.99. The quantitative estimate of drug-likeness (QED) is 0.674. The van der Waals surface area contributed by atoms with Crippen molar-refractivity contribution in [2.45, 2.75) is 12.1 Å². The van der Waals surface area contributed by atoms with Crippen molar-refractivity contribution in [1.29, 1.82) is 0 Å². The predicted molar refractivity (Wildman–Crippen MR) is 103 cm³/mol. The summed E-state index contributed by atoms with van der Waals surface area (Å²) in [6.07, 6.45) is 0. The molecule has 0 heterocycles. The van der Waals surface area contributed by atoms with Crippen molar-refractivity contribution >= 4 is 23.2 Å². The fourth-order valence-corrected chi connectivity index (χ4v) is 3.16. The van der Waals surface area contributed by atoms with Crippen LogP contribution in [0.4, 0.5) is 0 Å². The summed E-state index contributed by atoms with van der Waals surface area (Å²) in [5.74, 6) is 0. The fourth-order valence-electron chi connectivity index (χ4n) is 2.91. The molecule has 0 saturated carbocycles. The second-order valence-electron chi connectivity index (χ2n) is 6.06. The average Bonchev–Trinajstić information content (AvgIpc) is 2.64. The third kappa shape index (κ3) is 4.42. The molecule has 0 aromatic heterocycles. The minimum Gasteiger partial charge on any atom is -0.375 e. The molecule has 3 aromatic carbocycles. The van der Waals surface area contributed by atoms with Crippen LogP contribution in [0.3, 0.4) is 0 Å². The fraction of sp³-hybridized carbons (Fsp3) is 0.143. The van der Waals surface area contributed by atoms with Gasteiger partial charge in [-0.05, 0) is 35.4 Å². The molecular weight excluding hydrogens is 353 g/mol. The molecule has 0 aliphatic rings. The molecular formula is C21H20Cl2NO+. The molecule has 2 nitrogen and oxygen atoms in total. The maximum Gasteiger partial charge on any atom is 0.163 e. The van der Waals surface area contributed by atoms with Crippen molar-refractivity contribution in [2.75, 3.05) is 6.54 Å². The molecule has 0 saturated heterocycles. The highest BCUT2D eigenvalue weighted by molar-refractivity contribution is 6.30. The Morgan fingerprint density at radius 3 is 1.84 bits per heavy atom. The zero-order valence-corrected chi connectivity index (χ0v) is 15.2. The molecule has 0 aliphatic heterocycles. The second kappa shape index (κ2) is 8.03. The lowest BCUT2D eigenvalue weighted by atomic mass is 9.86. The lowest BCUT2D eigenvalue weighted by molar-refractivity contribution is -0.682. The van der Waals surface area contributed by atoms with Gasteiger partial charge >= 0.3 is 0 Å². The molecule has 3 aromatic rings. The third-order valence-electron chi connectivity index (χ3n) is 4.31. The molecule has 0 fully saturated rings. The van der Waals surface area contributed by atoms with E-state index in [0.29, 0.717) is 11.6 Å². The molecule has 128 valence electrons. The SMILES string of the molecule is OC(C[NH2+]Cc1ccc(Cl)cc1)(c1ccccc1)c1ccc(Cl)cc1. The Hall–Kier alpha value is -1.84. The van der Waals surface area contributed by atoms with Crippen LogP contribution in [0.15, 0.2) is 78.9 Å². The Morgan fingerprint density at radius 1 is 0.720 bits per heavy atom. The van der Waals surface area contributed by atoms with E-state index >= 15 is 0 Å². The first-order valence-corrected chi connectivity index (χ1v) is 8.93. The molecule has 25 heavy (non-hydrogen) atoms. The van der Waals surface area contributed by atoms with Crippen molar-refractivity contribution in [3.8, 4) is 0 Å². The van der Waals surface area contributed by atoms with Crippen LogP contribution in [0.5, 0.6) is 0 Å². The summed E-state index contributed by atoms with van der Waals surface area (Å²) in [4.78, 5) is 0. The van der Waals surface area contributed by atoms with Crippen molar-refractivity contribution in [1.82, 2.24) is 0 Å². The number of quaternary nitrogens is 1. The largest absolute Gasteiger partial charge is 0.375 e. The van der Waals surface area contributed by atoms with Crippen molar-refractivity contribution in [3.63, 3.8) is 0 Å². The normalized spacial score (nSPS) is 13.4. The van der Waals surface area contributed by atoms with Gasteiger partial charge in [0, 0.05) is 15.6 Å². The van der Waals surface area contributed by atoms with Gasteiger partial charge in [0.05, 0.1) is 0 Å². The summed E-state index contributed by atoms with van der Waals surface area (Å²) < 4.78 is 0. The summed E-state index contributed by atoms with van der Waals surface area (Å²) in [5.41, 5.74) is 1.77. The number of nitrogens with two attached hydrogens (primary N) is 1. The number of benzene rings is 3. The summed E-state index contributed by atoms with van der Waals surface area (Å²) in [6, 6.07) is 24.9. The number of rotatable bonds is 6. The maximum atomic E-state index is 11.5. The molecule has 4 heteroatoms. The zero-order valence-electron chi connectivity index (χ0n) is 13.7. The van der Waals surface area contributed by atoms with Gasteiger partial charge in [0.2, 0.25) is 0 Å². The summed E-state index contributed by atoms with van der Waals surface area (Å²) in [5, 5.41) is 15.0. The molecule has 0 amide bonds. The van der Waals surface area contributed by atoms with Gasteiger partial charge in [-0.2, -0.15) is 0 Å². The first-order valence-electron chi connectivity index (χ1n) is 8.18. The van der Waals surface area contributed by atoms with E-state index in [2.05, 4.69) is 5.32 Å². The molecule has 0 bridgehead atoms. The summed E-state index contributed by atoms with van der Waals surface area (Å²) >= 11 is 11.9. The van der Waals surface area contributed by atoms with Gasteiger partial charge in [0.25, 0.3) is 0 Å². The van der Waals surface area contributed by atoms with Crippen LogP contribution in [0.2, 0.25) is 10.0 Å². The van der Waals surface area contributed by atoms with Crippen LogP contribution in [-0.2, 0) is 12.1 Å². The van der Waals surface area contributed by atoms with E-state index in [9.17, 15) is 5.11 Å². The van der Waals surface area contributed by atoms with Crippen LogP contribution < -0.4 is 5.32 Å². The highest BCUT2D eigenvalue weighted by atomic mass is 35.5. The Morgan fingerprint density at radius 2 is 1.24 bits per heavy atom. The van der Waals surface area contributed by atoms with Gasteiger partial charge in [-0.15, -0.1) is 0 Å². The van der Waals surface area contributed by atoms with E-state index in [0.717, 1.165) is 28.3 Å². The average molecular weight is 373 g/mol. The Balaban J connectivity index is 1.81. The number of halogens is 2. The number of aliphatic hydroxyl groups is 1. The molecule has 0 aliphatic carbocycles. The smallest absolute Gasteiger partial charge is 0.163 e. The summed E-state index contributed by atoms with van der Waals surface area (Å²) in [6.45, 7) is 1.27. The standard InChI is InChI=1S/C21H19Cl2NO/c22-19-10-6-16(7-11-19)14-24-15-21(25,17-4-2-1-3-5-17)18-8-12-20(23)13-9-18/h1-13,24-25H,14-15H2/p+1. The minimum atomic E-state index is -1.09. The van der Waals surface area contributed by atoms with Crippen molar-refractivity contribution in [3.05, 3.63) is 106 Å². The van der Waals surface area contributed by atoms with Gasteiger partial charge in [-0.25, -0.2) is 0 Å². The minimum absolute atomic E-state index is 0.501. The lowest BCUT2D eigenvalue weighted by Crippen LogP contribution is -2.86. The zero-order chi connectivity index (χ0) is 17.7. The molecule has 3 N–H and O–H groups in total. The lowest BCUT2D eigenvalue weighted by Gasteiger charge is -2.28. The second-order valence-corrected chi connectivity index (χ2v) is 6.93. The Labute approximate surface area is 158 Å². The van der Waals surface area contributed by atoms with Crippen LogP contribution >= 0.6 is 23.2 Å². The van der Waals surface area contributed by atoms with E-state index in [1.54, 1.807) is 0 Å². The van der Waals surface area contributed by atoms with E-state index in [1.165, 1.54) is 0 Å². The first kappa shape index (κ1) is 18.0. The third-order valence-corrected chi connectivity index (χ3v) is 4.81. The van der Waals surface area contributed by atoms with E-state index in [-0.39, 0.29) is 0 Å². The van der Waals surface area contributed by atoms with E-state index in [1.807, 2.05) is 78.9 Å². The van der Waals surface area contributed by atoms with Crippen LogP contribution in [-0.4, -0.2) is 11.7 Å². The van der Waals surface area contributed by atoms with E-state index in [4.69, 9.17) is 23.2 Å². The highest BCUT2D eigenvalue weighted by Crippen LogP contribution is 2.29. The Kier molecular flexibility index (Phi) is 5.77. The van der Waals surface area contributed by atoms with Crippen molar-refractivity contribution < 1.29 is 10.4 Å². The van der Waals surface area contributed by atoms with Crippen LogP contribution in [0.25, 0.3) is 0 Å². The maximum absolute atomic E-state index is 11.5. The van der Waals surface area contributed by atoms with Crippen LogP contribution in [0, 0.1) is 0 Å². The van der Waals surface area contributed by atoms with Gasteiger partial charge in [-0.3, -0.25) is 0 Å². The van der Waals surface area contributed by atoms with Crippen LogP contribution in [0.1, 0.15) is 16.7 Å².